The highest BCUT2D eigenvalue weighted by molar-refractivity contribution is 8.00. The van der Waals surface area contributed by atoms with Gasteiger partial charge < -0.3 is 4.90 Å². The Labute approximate surface area is 94.7 Å². The van der Waals surface area contributed by atoms with Crippen LogP contribution in [-0.4, -0.2) is 17.5 Å². The smallest absolute Gasteiger partial charge is 0.237 e. The molecule has 0 N–H and O–H groups in total. The van der Waals surface area contributed by atoms with Crippen molar-refractivity contribution < 1.29 is 4.79 Å². The minimum atomic E-state index is 0.236. The molecule has 2 nitrogen and oxygen atoms in total. The number of aryl methyl sites for hydroxylation is 2. The van der Waals surface area contributed by atoms with Crippen molar-refractivity contribution in [2.24, 2.45) is 0 Å². The van der Waals surface area contributed by atoms with Crippen molar-refractivity contribution >= 4 is 23.4 Å². The maximum absolute atomic E-state index is 11.7. The average molecular weight is 221 g/mol. The number of carbonyl (C=O) groups excluding carboxylic acids is 1. The number of carbonyl (C=O) groups is 1. The van der Waals surface area contributed by atoms with Crippen LogP contribution in [0.3, 0.4) is 0 Å². The summed E-state index contributed by atoms with van der Waals surface area (Å²) in [5.41, 5.74) is 3.58. The Hall–Kier alpha value is -0.960. The molecule has 1 heterocycles. The van der Waals surface area contributed by atoms with Gasteiger partial charge in [0.25, 0.3) is 0 Å². The van der Waals surface area contributed by atoms with Crippen molar-refractivity contribution in [3.8, 4) is 0 Å². The highest BCUT2D eigenvalue weighted by Crippen LogP contribution is 2.28. The van der Waals surface area contributed by atoms with E-state index < -0.39 is 0 Å². The van der Waals surface area contributed by atoms with E-state index in [0.29, 0.717) is 5.75 Å². The normalized spacial score (nSPS) is 16.1. The Morgan fingerprint density at radius 3 is 2.87 bits per heavy atom. The number of hydrogen-bond acceptors (Lipinski definition) is 2. The van der Waals surface area contributed by atoms with Crippen molar-refractivity contribution in [2.75, 3.05) is 16.5 Å². The minimum Gasteiger partial charge on any atom is -0.302 e. The van der Waals surface area contributed by atoms with E-state index >= 15 is 0 Å². The highest BCUT2D eigenvalue weighted by atomic mass is 32.2. The molecule has 1 saturated heterocycles. The first-order chi connectivity index (χ1) is 7.22. The first kappa shape index (κ1) is 10.6. The Balaban J connectivity index is 2.40. The fourth-order valence-corrected chi connectivity index (χ4v) is 2.69. The second-order valence-corrected chi connectivity index (χ2v) is 4.74. The summed E-state index contributed by atoms with van der Waals surface area (Å²) in [4.78, 5) is 13.6. The topological polar surface area (TPSA) is 20.3 Å². The zero-order valence-corrected chi connectivity index (χ0v) is 9.93. The van der Waals surface area contributed by atoms with Gasteiger partial charge in [-0.25, -0.2) is 0 Å². The largest absolute Gasteiger partial charge is 0.302 e. The van der Waals surface area contributed by atoms with Crippen LogP contribution in [0, 0.1) is 6.92 Å². The van der Waals surface area contributed by atoms with Gasteiger partial charge in [0.05, 0.1) is 11.6 Å². The van der Waals surface area contributed by atoms with Gasteiger partial charge in [-0.3, -0.25) is 4.79 Å². The molecule has 1 fully saturated rings. The van der Waals surface area contributed by atoms with E-state index in [1.54, 1.807) is 11.8 Å². The molecule has 2 rings (SSSR count). The van der Waals surface area contributed by atoms with Gasteiger partial charge in [-0.15, -0.1) is 11.8 Å². The minimum absolute atomic E-state index is 0.236. The van der Waals surface area contributed by atoms with E-state index in [1.165, 1.54) is 11.1 Å². The van der Waals surface area contributed by atoms with Crippen LogP contribution in [0.5, 0.6) is 0 Å². The molecule has 0 spiro atoms. The summed E-state index contributed by atoms with van der Waals surface area (Å²) in [6, 6.07) is 6.35. The van der Waals surface area contributed by atoms with Gasteiger partial charge in [-0.1, -0.05) is 19.1 Å². The Morgan fingerprint density at radius 1 is 1.47 bits per heavy atom. The van der Waals surface area contributed by atoms with Crippen LogP contribution >= 0.6 is 11.8 Å². The third-order valence-electron chi connectivity index (χ3n) is 2.66. The van der Waals surface area contributed by atoms with Gasteiger partial charge in [-0.2, -0.15) is 0 Å². The number of nitrogens with zero attached hydrogens (tertiary/aromatic N) is 1. The van der Waals surface area contributed by atoms with E-state index in [9.17, 15) is 4.79 Å². The number of hydrogen-bond donors (Lipinski definition) is 0. The average Bonchev–Trinajstić information content (AvgIpc) is 2.64. The molecule has 0 aromatic heterocycles. The molecule has 0 aliphatic carbocycles. The van der Waals surface area contributed by atoms with Gasteiger partial charge in [0.15, 0.2) is 0 Å². The molecule has 0 unspecified atom stereocenters. The van der Waals surface area contributed by atoms with Crippen molar-refractivity contribution in [1.82, 2.24) is 0 Å². The van der Waals surface area contributed by atoms with Crippen LogP contribution in [-0.2, 0) is 11.2 Å². The summed E-state index contributed by atoms with van der Waals surface area (Å²) in [6.07, 6.45) is 0.976. The fraction of sp³-hybridized carbons (Fsp3) is 0.417. The maximum Gasteiger partial charge on any atom is 0.237 e. The van der Waals surface area contributed by atoms with Crippen LogP contribution in [0.15, 0.2) is 18.2 Å². The molecule has 80 valence electrons. The summed E-state index contributed by atoms with van der Waals surface area (Å²) >= 11 is 1.69. The zero-order valence-electron chi connectivity index (χ0n) is 9.12. The Bertz CT molecular complexity index is 389. The van der Waals surface area contributed by atoms with Crippen LogP contribution in [0.2, 0.25) is 0 Å². The van der Waals surface area contributed by atoms with Crippen molar-refractivity contribution in [2.45, 2.75) is 20.3 Å². The third kappa shape index (κ3) is 2.02. The van der Waals surface area contributed by atoms with Crippen molar-refractivity contribution in [3.05, 3.63) is 29.3 Å². The van der Waals surface area contributed by atoms with Gasteiger partial charge in [0, 0.05) is 5.69 Å². The molecule has 1 aliphatic rings. The molecular formula is C12H15NOS. The van der Waals surface area contributed by atoms with Crippen molar-refractivity contribution in [1.29, 1.82) is 0 Å². The van der Waals surface area contributed by atoms with E-state index in [0.717, 1.165) is 18.0 Å². The molecule has 1 aromatic carbocycles. The molecule has 1 aliphatic heterocycles. The lowest BCUT2D eigenvalue weighted by Crippen LogP contribution is -2.26. The van der Waals surface area contributed by atoms with E-state index in [1.807, 2.05) is 4.90 Å². The molecule has 0 atom stereocenters. The number of rotatable bonds is 2. The molecule has 3 heteroatoms. The van der Waals surface area contributed by atoms with E-state index in [4.69, 9.17) is 0 Å². The van der Waals surface area contributed by atoms with Gasteiger partial charge >= 0.3 is 0 Å². The standard InChI is InChI=1S/C12H15NOS/c1-3-10-5-4-9(2)6-11(10)13-8-15-7-12(13)14/h4-6H,3,7-8H2,1-2H3. The van der Waals surface area contributed by atoms with Crippen LogP contribution < -0.4 is 4.90 Å². The summed E-state index contributed by atoms with van der Waals surface area (Å²) in [5, 5.41) is 0. The predicted molar refractivity (Wildman–Crippen MR) is 65.4 cm³/mol. The van der Waals surface area contributed by atoms with Gasteiger partial charge in [0.2, 0.25) is 5.91 Å². The molecule has 0 bridgehead atoms. The summed E-state index contributed by atoms with van der Waals surface area (Å²) < 4.78 is 0. The molecule has 0 radical (unpaired) electrons. The second kappa shape index (κ2) is 4.27. The zero-order chi connectivity index (χ0) is 10.8. The summed E-state index contributed by atoms with van der Waals surface area (Å²) in [6.45, 7) is 4.19. The Morgan fingerprint density at radius 2 is 2.27 bits per heavy atom. The lowest BCUT2D eigenvalue weighted by Gasteiger charge is -2.19. The lowest BCUT2D eigenvalue weighted by atomic mass is 10.1. The quantitative estimate of drug-likeness (QED) is 0.765. The number of amides is 1. The van der Waals surface area contributed by atoms with E-state index in [-0.39, 0.29) is 5.91 Å². The highest BCUT2D eigenvalue weighted by Gasteiger charge is 2.23. The molecule has 0 saturated carbocycles. The second-order valence-electron chi connectivity index (χ2n) is 3.79. The monoisotopic (exact) mass is 221 g/mol. The lowest BCUT2D eigenvalue weighted by molar-refractivity contribution is -0.115. The van der Waals surface area contributed by atoms with Crippen LogP contribution in [0.25, 0.3) is 0 Å². The third-order valence-corrected chi connectivity index (χ3v) is 3.55. The molecular weight excluding hydrogens is 206 g/mol. The SMILES string of the molecule is CCc1ccc(C)cc1N1CSCC1=O. The maximum atomic E-state index is 11.7. The first-order valence-electron chi connectivity index (χ1n) is 5.20. The number of benzene rings is 1. The fourth-order valence-electron chi connectivity index (χ4n) is 1.80. The predicted octanol–water partition coefficient (Wildman–Crippen LogP) is 2.59. The molecule has 1 aromatic rings. The van der Waals surface area contributed by atoms with Crippen LogP contribution in [0.4, 0.5) is 5.69 Å². The first-order valence-corrected chi connectivity index (χ1v) is 6.35. The number of thioether (sulfide) groups is 1. The van der Waals surface area contributed by atoms with Crippen LogP contribution in [0.1, 0.15) is 18.1 Å². The Kier molecular flexibility index (Phi) is 3.00. The molecule has 15 heavy (non-hydrogen) atoms. The number of anilines is 1. The van der Waals surface area contributed by atoms with E-state index in [2.05, 4.69) is 32.0 Å². The van der Waals surface area contributed by atoms with Gasteiger partial charge in [0.1, 0.15) is 0 Å². The van der Waals surface area contributed by atoms with Crippen molar-refractivity contribution in [3.63, 3.8) is 0 Å². The van der Waals surface area contributed by atoms with Gasteiger partial charge in [-0.05, 0) is 30.5 Å². The summed E-state index contributed by atoms with van der Waals surface area (Å²) in [5.74, 6) is 1.66. The molecule has 1 amide bonds. The summed E-state index contributed by atoms with van der Waals surface area (Å²) in [7, 11) is 0.